The molecule has 5 nitrogen and oxygen atoms in total. The van der Waals surface area contributed by atoms with Crippen LogP contribution in [-0.2, 0) is 0 Å². The molecule has 5 heteroatoms. The van der Waals surface area contributed by atoms with Gasteiger partial charge in [-0.2, -0.15) is 0 Å². The van der Waals surface area contributed by atoms with Gasteiger partial charge in [0.25, 0.3) is 5.91 Å². The number of carbonyl (C=O) groups excluding carboxylic acids is 1. The fourth-order valence-electron chi connectivity index (χ4n) is 3.34. The molecule has 2 N–H and O–H groups in total. The van der Waals surface area contributed by atoms with E-state index >= 15 is 0 Å². The van der Waals surface area contributed by atoms with Crippen LogP contribution in [0.3, 0.4) is 0 Å². The Hall–Kier alpha value is -1.62. The maximum Gasteiger partial charge on any atom is 0.273 e. The lowest BCUT2D eigenvalue weighted by atomic mass is 9.99. The monoisotopic (exact) mass is 289 g/mol. The summed E-state index contributed by atoms with van der Waals surface area (Å²) in [6.45, 7) is 3.89. The van der Waals surface area contributed by atoms with Crippen LogP contribution in [0.25, 0.3) is 0 Å². The van der Waals surface area contributed by atoms with Crippen molar-refractivity contribution < 1.29 is 9.53 Å². The Labute approximate surface area is 125 Å². The second kappa shape index (κ2) is 6.02. The van der Waals surface area contributed by atoms with Gasteiger partial charge in [-0.25, -0.2) is 4.98 Å². The van der Waals surface area contributed by atoms with E-state index in [0.29, 0.717) is 23.5 Å². The molecular weight excluding hydrogens is 266 g/mol. The Morgan fingerprint density at radius 3 is 2.76 bits per heavy atom. The van der Waals surface area contributed by atoms with Gasteiger partial charge in [-0.05, 0) is 51.7 Å². The molecule has 3 rings (SSSR count). The van der Waals surface area contributed by atoms with E-state index in [9.17, 15) is 4.79 Å². The zero-order valence-corrected chi connectivity index (χ0v) is 12.6. The highest BCUT2D eigenvalue weighted by molar-refractivity contribution is 5.95. The van der Waals surface area contributed by atoms with Crippen molar-refractivity contribution in [2.75, 3.05) is 0 Å². The van der Waals surface area contributed by atoms with Gasteiger partial charge in [0.15, 0.2) is 11.4 Å². The molecule has 0 saturated carbocycles. The number of ether oxygens (including phenoxy) is 1. The number of nitrogens with one attached hydrogen (secondary N) is 2. The molecule has 2 fully saturated rings. The second-order valence-electron chi connectivity index (χ2n) is 6.30. The zero-order valence-electron chi connectivity index (χ0n) is 12.6. The van der Waals surface area contributed by atoms with Gasteiger partial charge in [0, 0.05) is 24.3 Å². The summed E-state index contributed by atoms with van der Waals surface area (Å²) in [5.74, 6) is 0.430. The van der Waals surface area contributed by atoms with Gasteiger partial charge in [0.2, 0.25) is 0 Å². The molecule has 114 valence electrons. The maximum absolute atomic E-state index is 12.5. The Balaban J connectivity index is 1.68. The maximum atomic E-state index is 12.5. The number of aromatic nitrogens is 1. The smallest absolute Gasteiger partial charge is 0.273 e. The largest absolute Gasteiger partial charge is 0.489 e. The summed E-state index contributed by atoms with van der Waals surface area (Å²) in [6.07, 6.45) is 6.12. The van der Waals surface area contributed by atoms with Gasteiger partial charge < -0.3 is 15.4 Å². The van der Waals surface area contributed by atoms with E-state index in [1.165, 1.54) is 12.8 Å². The Kier molecular flexibility index (Phi) is 4.10. The van der Waals surface area contributed by atoms with Crippen molar-refractivity contribution in [1.82, 2.24) is 15.6 Å². The SMILES string of the molecule is CC(C)Oc1cccnc1C(=O)NC1CC2CCC(C1)N2. The van der Waals surface area contributed by atoms with Crippen molar-refractivity contribution in [1.29, 1.82) is 0 Å². The van der Waals surface area contributed by atoms with E-state index in [1.807, 2.05) is 13.8 Å². The van der Waals surface area contributed by atoms with E-state index in [1.54, 1.807) is 18.3 Å². The summed E-state index contributed by atoms with van der Waals surface area (Å²) in [5, 5.41) is 6.71. The Morgan fingerprint density at radius 1 is 1.38 bits per heavy atom. The van der Waals surface area contributed by atoms with Crippen molar-refractivity contribution in [3.63, 3.8) is 0 Å². The third-order valence-corrected chi connectivity index (χ3v) is 4.16. The van der Waals surface area contributed by atoms with Crippen LogP contribution < -0.4 is 15.4 Å². The number of rotatable bonds is 4. The molecule has 2 bridgehead atoms. The number of amides is 1. The lowest BCUT2D eigenvalue weighted by molar-refractivity contribution is 0.0912. The molecule has 3 heterocycles. The average molecular weight is 289 g/mol. The molecule has 1 amide bonds. The molecule has 1 aromatic heterocycles. The predicted molar refractivity (Wildman–Crippen MR) is 80.4 cm³/mol. The minimum atomic E-state index is -0.127. The fraction of sp³-hybridized carbons (Fsp3) is 0.625. The third kappa shape index (κ3) is 3.35. The van der Waals surface area contributed by atoms with Crippen molar-refractivity contribution in [2.24, 2.45) is 0 Å². The van der Waals surface area contributed by atoms with Crippen molar-refractivity contribution >= 4 is 5.91 Å². The minimum Gasteiger partial charge on any atom is -0.489 e. The number of nitrogens with zero attached hydrogens (tertiary/aromatic N) is 1. The van der Waals surface area contributed by atoms with Crippen LogP contribution in [0.2, 0.25) is 0 Å². The number of hydrogen-bond acceptors (Lipinski definition) is 4. The summed E-state index contributed by atoms with van der Waals surface area (Å²) in [7, 11) is 0. The summed E-state index contributed by atoms with van der Waals surface area (Å²) in [6, 6.07) is 4.95. The standard InChI is InChI=1S/C16H23N3O2/c1-10(2)21-14-4-3-7-17-15(14)16(20)19-13-8-11-5-6-12(9-13)18-11/h3-4,7,10-13,18H,5-6,8-9H2,1-2H3,(H,19,20). The Bertz CT molecular complexity index is 506. The van der Waals surface area contributed by atoms with Gasteiger partial charge in [-0.15, -0.1) is 0 Å². The minimum absolute atomic E-state index is 0.0236. The normalized spacial score (nSPS) is 27.7. The average Bonchev–Trinajstić information content (AvgIpc) is 2.78. The van der Waals surface area contributed by atoms with Crippen molar-refractivity contribution in [3.8, 4) is 5.75 Å². The third-order valence-electron chi connectivity index (χ3n) is 4.16. The molecule has 0 aliphatic carbocycles. The van der Waals surface area contributed by atoms with Crippen LogP contribution in [0, 0.1) is 0 Å². The van der Waals surface area contributed by atoms with Gasteiger partial charge in [0.05, 0.1) is 6.10 Å². The van der Waals surface area contributed by atoms with Gasteiger partial charge >= 0.3 is 0 Å². The van der Waals surface area contributed by atoms with E-state index in [4.69, 9.17) is 4.74 Å². The highest BCUT2D eigenvalue weighted by Crippen LogP contribution is 2.27. The van der Waals surface area contributed by atoms with E-state index in [2.05, 4.69) is 15.6 Å². The zero-order chi connectivity index (χ0) is 14.8. The molecule has 2 unspecified atom stereocenters. The summed E-state index contributed by atoms with van der Waals surface area (Å²) in [4.78, 5) is 16.7. The summed E-state index contributed by atoms with van der Waals surface area (Å²) >= 11 is 0. The first-order valence-electron chi connectivity index (χ1n) is 7.80. The Morgan fingerprint density at radius 2 is 2.10 bits per heavy atom. The first-order chi connectivity index (χ1) is 10.1. The fourth-order valence-corrected chi connectivity index (χ4v) is 3.34. The molecule has 0 spiro atoms. The van der Waals surface area contributed by atoms with Gasteiger partial charge in [-0.3, -0.25) is 4.79 Å². The lowest BCUT2D eigenvalue weighted by Gasteiger charge is -2.29. The van der Waals surface area contributed by atoms with Crippen LogP contribution in [0.5, 0.6) is 5.75 Å². The van der Waals surface area contributed by atoms with Crippen LogP contribution in [0.1, 0.15) is 50.0 Å². The summed E-state index contributed by atoms with van der Waals surface area (Å²) in [5.41, 5.74) is 0.386. The van der Waals surface area contributed by atoms with E-state index < -0.39 is 0 Å². The molecule has 2 saturated heterocycles. The molecule has 0 aromatic carbocycles. The quantitative estimate of drug-likeness (QED) is 0.888. The molecule has 2 aliphatic heterocycles. The number of carbonyl (C=O) groups is 1. The van der Waals surface area contributed by atoms with Crippen molar-refractivity contribution in [3.05, 3.63) is 24.0 Å². The van der Waals surface area contributed by atoms with Crippen LogP contribution in [0.15, 0.2) is 18.3 Å². The molecule has 2 atom stereocenters. The highest BCUT2D eigenvalue weighted by Gasteiger charge is 2.34. The molecule has 1 aromatic rings. The summed E-state index contributed by atoms with van der Waals surface area (Å²) < 4.78 is 5.67. The van der Waals surface area contributed by atoms with E-state index in [-0.39, 0.29) is 18.1 Å². The molecule has 21 heavy (non-hydrogen) atoms. The second-order valence-corrected chi connectivity index (χ2v) is 6.30. The molecule has 0 radical (unpaired) electrons. The highest BCUT2D eigenvalue weighted by atomic mass is 16.5. The first kappa shape index (κ1) is 14.3. The van der Waals surface area contributed by atoms with Crippen LogP contribution in [-0.4, -0.2) is 35.1 Å². The molecule has 2 aliphatic rings. The van der Waals surface area contributed by atoms with Crippen LogP contribution >= 0.6 is 0 Å². The number of hydrogen-bond donors (Lipinski definition) is 2. The predicted octanol–water partition coefficient (Wildman–Crippen LogP) is 1.88. The van der Waals surface area contributed by atoms with Crippen molar-refractivity contribution in [2.45, 2.75) is 63.8 Å². The van der Waals surface area contributed by atoms with Gasteiger partial charge in [0.1, 0.15) is 0 Å². The molecular formula is C16H23N3O2. The van der Waals surface area contributed by atoms with Gasteiger partial charge in [-0.1, -0.05) is 0 Å². The first-order valence-corrected chi connectivity index (χ1v) is 7.80. The number of piperidine rings is 1. The number of fused-ring (bicyclic) bond motifs is 2. The number of pyridine rings is 1. The van der Waals surface area contributed by atoms with Crippen LogP contribution in [0.4, 0.5) is 0 Å². The van der Waals surface area contributed by atoms with E-state index in [0.717, 1.165) is 12.8 Å². The topological polar surface area (TPSA) is 63.2 Å². The lowest BCUT2D eigenvalue weighted by Crippen LogP contribution is -2.48.